The fourth-order valence-electron chi connectivity index (χ4n) is 4.17. The number of rotatable bonds is 11. The average Bonchev–Trinajstić information content (AvgIpc) is 2.72. The molecule has 1 aliphatic carbocycles. The summed E-state index contributed by atoms with van der Waals surface area (Å²) in [6.07, 6.45) is 3.77. The monoisotopic (exact) mass is 429 g/mol. The van der Waals surface area contributed by atoms with Crippen LogP contribution in [0, 0.1) is 23.7 Å². The molecule has 0 saturated carbocycles. The molecule has 3 atom stereocenters. The Hall–Kier alpha value is -2.34. The van der Waals surface area contributed by atoms with Gasteiger partial charge in [-0.15, -0.1) is 0 Å². The van der Waals surface area contributed by atoms with Gasteiger partial charge in [0.2, 0.25) is 5.91 Å². The van der Waals surface area contributed by atoms with Gasteiger partial charge < -0.3 is 20.3 Å². The van der Waals surface area contributed by atoms with Crippen LogP contribution in [0.5, 0.6) is 5.75 Å². The first kappa shape index (κ1) is 24.9. The summed E-state index contributed by atoms with van der Waals surface area (Å²) in [5.74, 6) is 2.14. The van der Waals surface area contributed by atoms with Gasteiger partial charge in [-0.3, -0.25) is 9.59 Å². The Morgan fingerprint density at radius 1 is 1.13 bits per heavy atom. The molecule has 0 aliphatic heterocycles. The third-order valence-corrected chi connectivity index (χ3v) is 6.04. The van der Waals surface area contributed by atoms with Gasteiger partial charge in [0.05, 0.1) is 0 Å². The Labute approximate surface area is 187 Å². The van der Waals surface area contributed by atoms with Crippen molar-refractivity contribution >= 4 is 11.8 Å². The van der Waals surface area contributed by atoms with E-state index in [1.54, 1.807) is 0 Å². The van der Waals surface area contributed by atoms with Crippen LogP contribution in [-0.2, 0) is 9.59 Å². The maximum Gasteiger partial charge on any atom is 0.257 e. The smallest absolute Gasteiger partial charge is 0.257 e. The lowest BCUT2D eigenvalue weighted by molar-refractivity contribution is -0.123. The number of hydrogen-bond acceptors (Lipinski definition) is 4. The zero-order valence-corrected chi connectivity index (χ0v) is 19.7. The second-order valence-corrected chi connectivity index (χ2v) is 9.18. The van der Waals surface area contributed by atoms with E-state index in [4.69, 9.17) is 4.74 Å². The molecule has 6 heteroatoms. The fourth-order valence-corrected chi connectivity index (χ4v) is 4.17. The molecule has 0 heterocycles. The van der Waals surface area contributed by atoms with Crippen LogP contribution < -0.4 is 15.4 Å². The zero-order chi connectivity index (χ0) is 22.8. The normalized spacial score (nSPS) is 21.0. The summed E-state index contributed by atoms with van der Waals surface area (Å²) in [4.78, 5) is 26.7. The lowest BCUT2D eigenvalue weighted by atomic mass is 9.69. The molecule has 0 fully saturated rings. The van der Waals surface area contributed by atoms with Crippen molar-refractivity contribution in [3.05, 3.63) is 42.0 Å². The van der Waals surface area contributed by atoms with Crippen LogP contribution in [0.15, 0.2) is 42.0 Å². The number of amides is 2. The van der Waals surface area contributed by atoms with Crippen LogP contribution in [-0.4, -0.2) is 57.1 Å². The van der Waals surface area contributed by atoms with E-state index in [9.17, 15) is 9.59 Å². The van der Waals surface area contributed by atoms with E-state index in [1.165, 1.54) is 5.57 Å². The average molecular weight is 430 g/mol. The molecule has 2 N–H and O–H groups in total. The number of para-hydroxylation sites is 1. The van der Waals surface area contributed by atoms with E-state index < -0.39 is 0 Å². The molecular formula is C25H39N3O3. The summed E-state index contributed by atoms with van der Waals surface area (Å²) in [7, 11) is 4.00. The number of benzene rings is 1. The lowest BCUT2D eigenvalue weighted by Crippen LogP contribution is -2.39. The van der Waals surface area contributed by atoms with Gasteiger partial charge in [-0.25, -0.2) is 0 Å². The minimum absolute atomic E-state index is 0.0154. The first-order valence-electron chi connectivity index (χ1n) is 11.3. The highest BCUT2D eigenvalue weighted by atomic mass is 16.5. The predicted molar refractivity (Wildman–Crippen MR) is 125 cm³/mol. The van der Waals surface area contributed by atoms with E-state index in [-0.39, 0.29) is 30.3 Å². The minimum Gasteiger partial charge on any atom is -0.484 e. The largest absolute Gasteiger partial charge is 0.484 e. The van der Waals surface area contributed by atoms with Crippen molar-refractivity contribution in [3.8, 4) is 5.75 Å². The highest BCUT2D eigenvalue weighted by Gasteiger charge is 2.32. The van der Waals surface area contributed by atoms with Crippen molar-refractivity contribution in [2.45, 2.75) is 33.6 Å². The molecule has 1 aromatic carbocycles. The molecule has 31 heavy (non-hydrogen) atoms. The van der Waals surface area contributed by atoms with E-state index in [0.29, 0.717) is 37.1 Å². The molecule has 6 nitrogen and oxygen atoms in total. The van der Waals surface area contributed by atoms with Crippen molar-refractivity contribution in [2.24, 2.45) is 23.7 Å². The molecule has 3 unspecified atom stereocenters. The van der Waals surface area contributed by atoms with Gasteiger partial charge in [0.15, 0.2) is 6.61 Å². The topological polar surface area (TPSA) is 70.7 Å². The number of carbonyl (C=O) groups excluding carboxylic acids is 2. The molecule has 0 saturated heterocycles. The summed E-state index contributed by atoms with van der Waals surface area (Å²) in [6.45, 7) is 8.69. The molecule has 1 aliphatic rings. The molecular weight excluding hydrogens is 390 g/mol. The third-order valence-electron chi connectivity index (χ3n) is 6.04. The van der Waals surface area contributed by atoms with E-state index in [2.05, 4.69) is 42.4 Å². The number of nitrogens with one attached hydrogen (secondary N) is 2. The van der Waals surface area contributed by atoms with Crippen molar-refractivity contribution in [2.75, 3.05) is 40.3 Å². The van der Waals surface area contributed by atoms with Gasteiger partial charge in [0.25, 0.3) is 5.91 Å². The highest BCUT2D eigenvalue weighted by Crippen LogP contribution is 2.38. The summed E-state index contributed by atoms with van der Waals surface area (Å²) in [6, 6.07) is 9.36. The zero-order valence-electron chi connectivity index (χ0n) is 19.7. The molecule has 2 amide bonds. The van der Waals surface area contributed by atoms with Gasteiger partial charge in [-0.05, 0) is 63.2 Å². The first-order chi connectivity index (χ1) is 14.8. The second kappa shape index (κ2) is 12.5. The molecule has 0 aromatic heterocycles. The molecule has 0 bridgehead atoms. The van der Waals surface area contributed by atoms with Crippen molar-refractivity contribution < 1.29 is 14.3 Å². The maximum atomic E-state index is 12.4. The van der Waals surface area contributed by atoms with Crippen LogP contribution in [0.4, 0.5) is 0 Å². The van der Waals surface area contributed by atoms with Crippen molar-refractivity contribution in [1.29, 1.82) is 0 Å². The van der Waals surface area contributed by atoms with Gasteiger partial charge in [0.1, 0.15) is 5.75 Å². The Morgan fingerprint density at radius 2 is 1.84 bits per heavy atom. The molecule has 1 aromatic rings. The maximum absolute atomic E-state index is 12.4. The van der Waals surface area contributed by atoms with Gasteiger partial charge >= 0.3 is 0 Å². The Kier molecular flexibility index (Phi) is 10.0. The standard InChI is InChI=1S/C25H39N3O3/c1-18(2)23-14-20(15-24(29)26-11-12-28(4)5)19(3)13-21(23)16-27-25(30)17-31-22-9-7-6-8-10-22/h6-10,13,18,20-21,23H,11-12,14-17H2,1-5H3,(H,26,29)(H,27,30). The highest BCUT2D eigenvalue weighted by molar-refractivity contribution is 5.77. The molecule has 0 radical (unpaired) electrons. The van der Waals surface area contributed by atoms with Gasteiger partial charge in [0, 0.05) is 26.1 Å². The van der Waals surface area contributed by atoms with Crippen LogP contribution in [0.3, 0.4) is 0 Å². The summed E-state index contributed by atoms with van der Waals surface area (Å²) >= 11 is 0. The molecule has 172 valence electrons. The van der Waals surface area contributed by atoms with Crippen molar-refractivity contribution in [1.82, 2.24) is 15.5 Å². The summed E-state index contributed by atoms with van der Waals surface area (Å²) in [5, 5.41) is 6.06. The number of nitrogens with zero attached hydrogens (tertiary/aromatic N) is 1. The number of allylic oxidation sites excluding steroid dienone is 1. The van der Waals surface area contributed by atoms with E-state index >= 15 is 0 Å². The second-order valence-electron chi connectivity index (χ2n) is 9.18. The Balaban J connectivity index is 1.86. The fraction of sp³-hybridized carbons (Fsp3) is 0.600. The van der Waals surface area contributed by atoms with Gasteiger partial charge in [-0.2, -0.15) is 0 Å². The van der Waals surface area contributed by atoms with Crippen LogP contribution in [0.2, 0.25) is 0 Å². The number of hydrogen-bond donors (Lipinski definition) is 2. The van der Waals surface area contributed by atoms with E-state index in [1.807, 2.05) is 44.4 Å². The molecule has 2 rings (SSSR count). The Bertz CT molecular complexity index is 731. The van der Waals surface area contributed by atoms with Crippen molar-refractivity contribution in [3.63, 3.8) is 0 Å². The van der Waals surface area contributed by atoms with Crippen LogP contribution in [0.1, 0.15) is 33.6 Å². The summed E-state index contributed by atoms with van der Waals surface area (Å²) in [5.41, 5.74) is 1.25. The number of carbonyl (C=O) groups is 2. The lowest BCUT2D eigenvalue weighted by Gasteiger charge is -2.37. The minimum atomic E-state index is -0.111. The van der Waals surface area contributed by atoms with Crippen LogP contribution in [0.25, 0.3) is 0 Å². The van der Waals surface area contributed by atoms with Crippen LogP contribution >= 0.6 is 0 Å². The predicted octanol–water partition coefficient (Wildman–Crippen LogP) is 3.10. The third kappa shape index (κ3) is 8.74. The summed E-state index contributed by atoms with van der Waals surface area (Å²) < 4.78 is 5.54. The van der Waals surface area contributed by atoms with E-state index in [0.717, 1.165) is 13.0 Å². The number of likely N-dealkylation sites (N-methyl/N-ethyl adjacent to an activating group) is 1. The SMILES string of the molecule is CC1=CC(CNC(=O)COc2ccccc2)C(C(C)C)CC1CC(=O)NCCN(C)C. The number of ether oxygens (including phenoxy) is 1. The quantitative estimate of drug-likeness (QED) is 0.530. The first-order valence-corrected chi connectivity index (χ1v) is 11.3. The van der Waals surface area contributed by atoms with Gasteiger partial charge in [-0.1, -0.05) is 43.7 Å². The Morgan fingerprint density at radius 3 is 2.48 bits per heavy atom. The molecule has 0 spiro atoms.